The molecule has 0 saturated heterocycles. The zero-order valence-corrected chi connectivity index (χ0v) is 15.9. The monoisotopic (exact) mass is 405 g/mol. The highest BCUT2D eigenvalue weighted by atomic mass is 35.5. The molecule has 0 aliphatic rings. The number of hydrogen-bond acceptors (Lipinski definition) is 7. The number of aromatic nitrogens is 1. The van der Waals surface area contributed by atoms with Crippen LogP contribution in [-0.2, 0) is 9.53 Å². The minimum absolute atomic E-state index is 0.216. The number of thiazole rings is 1. The molecular formula is C18H16ClN3O4S. The van der Waals surface area contributed by atoms with E-state index in [9.17, 15) is 9.59 Å². The van der Waals surface area contributed by atoms with Crippen LogP contribution in [-0.4, -0.2) is 30.1 Å². The molecule has 0 aliphatic carbocycles. The predicted molar refractivity (Wildman–Crippen MR) is 106 cm³/mol. The van der Waals surface area contributed by atoms with Crippen LogP contribution in [0.3, 0.4) is 0 Å². The first-order chi connectivity index (χ1) is 13.0. The first kappa shape index (κ1) is 18.9. The number of nitrogen functional groups attached to an aromatic ring is 1. The van der Waals surface area contributed by atoms with Crippen LogP contribution < -0.4 is 15.8 Å². The summed E-state index contributed by atoms with van der Waals surface area (Å²) in [6, 6.07) is 9.85. The fourth-order valence-corrected chi connectivity index (χ4v) is 3.28. The third kappa shape index (κ3) is 4.66. The number of fused-ring (bicyclic) bond motifs is 1. The third-order valence-corrected chi connectivity index (χ3v) is 4.76. The second-order valence-electron chi connectivity index (χ2n) is 5.44. The van der Waals surface area contributed by atoms with E-state index in [1.54, 1.807) is 0 Å². The van der Waals surface area contributed by atoms with Crippen molar-refractivity contribution >= 4 is 55.8 Å². The molecular weight excluding hydrogens is 390 g/mol. The van der Waals surface area contributed by atoms with Gasteiger partial charge in [0.2, 0.25) is 0 Å². The lowest BCUT2D eigenvalue weighted by atomic mass is 10.2. The lowest BCUT2D eigenvalue weighted by Gasteiger charge is -2.06. The van der Waals surface area contributed by atoms with E-state index >= 15 is 0 Å². The van der Waals surface area contributed by atoms with Crippen LogP contribution in [0.2, 0.25) is 5.02 Å². The van der Waals surface area contributed by atoms with Crippen LogP contribution in [0.1, 0.15) is 17.3 Å². The normalized spacial score (nSPS) is 10.6. The largest absolute Gasteiger partial charge is 0.494 e. The van der Waals surface area contributed by atoms with E-state index < -0.39 is 18.5 Å². The van der Waals surface area contributed by atoms with Crippen molar-refractivity contribution in [2.24, 2.45) is 0 Å². The van der Waals surface area contributed by atoms with Gasteiger partial charge in [0.15, 0.2) is 11.7 Å². The molecule has 0 spiro atoms. The number of nitrogens with two attached hydrogens (primary N) is 1. The average Bonchev–Trinajstić information content (AvgIpc) is 3.03. The van der Waals surface area contributed by atoms with Gasteiger partial charge in [0, 0.05) is 0 Å². The zero-order valence-electron chi connectivity index (χ0n) is 14.3. The van der Waals surface area contributed by atoms with Crippen LogP contribution >= 0.6 is 22.9 Å². The number of carbonyl (C=O) groups is 2. The summed E-state index contributed by atoms with van der Waals surface area (Å²) in [4.78, 5) is 28.3. The summed E-state index contributed by atoms with van der Waals surface area (Å²) in [5.41, 5.74) is 6.87. The standard InChI is InChI=1S/C18H16ClN3O4S/c1-2-25-11-4-6-14-15(8-11)27-18(21-14)22-16(23)9-26-17(24)10-3-5-12(19)13(20)7-10/h3-8H,2,9,20H2,1H3,(H,21,22,23). The van der Waals surface area contributed by atoms with Gasteiger partial charge in [-0.05, 0) is 43.3 Å². The fourth-order valence-electron chi connectivity index (χ4n) is 2.26. The first-order valence-corrected chi connectivity index (χ1v) is 9.21. The van der Waals surface area contributed by atoms with Crippen molar-refractivity contribution in [1.29, 1.82) is 0 Å². The summed E-state index contributed by atoms with van der Waals surface area (Å²) in [5, 5.41) is 3.37. The molecule has 9 heteroatoms. The van der Waals surface area contributed by atoms with E-state index in [1.807, 2.05) is 25.1 Å². The second-order valence-corrected chi connectivity index (χ2v) is 6.88. The maximum Gasteiger partial charge on any atom is 0.338 e. The van der Waals surface area contributed by atoms with Gasteiger partial charge in [-0.15, -0.1) is 0 Å². The molecule has 3 N–H and O–H groups in total. The Hall–Kier alpha value is -2.84. The fraction of sp³-hybridized carbons (Fsp3) is 0.167. The average molecular weight is 406 g/mol. The Morgan fingerprint density at radius 2 is 2.07 bits per heavy atom. The molecule has 0 bridgehead atoms. The lowest BCUT2D eigenvalue weighted by molar-refractivity contribution is -0.119. The molecule has 2 aromatic carbocycles. The Bertz CT molecular complexity index is 1010. The van der Waals surface area contributed by atoms with E-state index in [4.69, 9.17) is 26.8 Å². The Morgan fingerprint density at radius 1 is 1.26 bits per heavy atom. The van der Waals surface area contributed by atoms with Gasteiger partial charge >= 0.3 is 5.97 Å². The number of carbonyl (C=O) groups excluding carboxylic acids is 2. The molecule has 0 fully saturated rings. The number of hydrogen-bond donors (Lipinski definition) is 2. The van der Waals surface area contributed by atoms with Gasteiger partial charge in [0.1, 0.15) is 5.75 Å². The quantitative estimate of drug-likeness (QED) is 0.478. The van der Waals surface area contributed by atoms with Crippen molar-refractivity contribution in [3.63, 3.8) is 0 Å². The van der Waals surface area contributed by atoms with E-state index in [1.165, 1.54) is 29.5 Å². The van der Waals surface area contributed by atoms with Gasteiger partial charge < -0.3 is 15.2 Å². The van der Waals surface area contributed by atoms with Crippen LogP contribution in [0.4, 0.5) is 10.8 Å². The molecule has 140 valence electrons. The third-order valence-electron chi connectivity index (χ3n) is 3.48. The molecule has 3 rings (SSSR count). The molecule has 0 atom stereocenters. The zero-order chi connectivity index (χ0) is 19.4. The minimum Gasteiger partial charge on any atom is -0.494 e. The number of nitrogens with one attached hydrogen (secondary N) is 1. The first-order valence-electron chi connectivity index (χ1n) is 8.01. The molecule has 0 unspecified atom stereocenters. The Kier molecular flexibility index (Phi) is 5.78. The Labute approximate surface area is 164 Å². The molecule has 0 saturated carbocycles. The highest BCUT2D eigenvalue weighted by molar-refractivity contribution is 7.22. The van der Waals surface area contributed by atoms with Crippen molar-refractivity contribution in [1.82, 2.24) is 4.98 Å². The number of anilines is 2. The highest BCUT2D eigenvalue weighted by Gasteiger charge is 2.13. The van der Waals surface area contributed by atoms with Crippen molar-refractivity contribution in [3.05, 3.63) is 47.0 Å². The number of halogens is 1. The summed E-state index contributed by atoms with van der Waals surface area (Å²) in [5.74, 6) is -0.420. The van der Waals surface area contributed by atoms with Crippen LogP contribution in [0.15, 0.2) is 36.4 Å². The molecule has 0 aliphatic heterocycles. The lowest BCUT2D eigenvalue weighted by Crippen LogP contribution is -2.20. The summed E-state index contributed by atoms with van der Waals surface area (Å²) < 4.78 is 11.3. The van der Waals surface area contributed by atoms with Crippen molar-refractivity contribution < 1.29 is 19.1 Å². The number of benzene rings is 2. The van der Waals surface area contributed by atoms with Gasteiger partial charge in [-0.25, -0.2) is 9.78 Å². The number of nitrogens with zero attached hydrogens (tertiary/aromatic N) is 1. The van der Waals surface area contributed by atoms with Crippen LogP contribution in [0, 0.1) is 0 Å². The van der Waals surface area contributed by atoms with E-state index in [0.29, 0.717) is 16.8 Å². The van der Waals surface area contributed by atoms with Crippen molar-refractivity contribution in [2.75, 3.05) is 24.3 Å². The van der Waals surface area contributed by atoms with Crippen LogP contribution in [0.5, 0.6) is 5.75 Å². The molecule has 27 heavy (non-hydrogen) atoms. The summed E-state index contributed by atoms with van der Waals surface area (Å²) >= 11 is 7.11. The molecule has 1 heterocycles. The predicted octanol–water partition coefficient (Wildman–Crippen LogP) is 3.73. The maximum absolute atomic E-state index is 12.0. The topological polar surface area (TPSA) is 104 Å². The molecule has 1 amide bonds. The van der Waals surface area contributed by atoms with Crippen LogP contribution in [0.25, 0.3) is 10.2 Å². The Balaban J connectivity index is 1.59. The van der Waals surface area contributed by atoms with Gasteiger partial charge in [0.05, 0.1) is 33.1 Å². The van der Waals surface area contributed by atoms with Gasteiger partial charge in [-0.1, -0.05) is 22.9 Å². The number of amides is 1. The maximum atomic E-state index is 12.0. The minimum atomic E-state index is -0.667. The highest BCUT2D eigenvalue weighted by Crippen LogP contribution is 2.29. The van der Waals surface area contributed by atoms with Gasteiger partial charge in [-0.3, -0.25) is 10.1 Å². The molecule has 3 aromatic rings. The van der Waals surface area contributed by atoms with Crippen molar-refractivity contribution in [3.8, 4) is 5.75 Å². The molecule has 7 nitrogen and oxygen atoms in total. The summed E-state index contributed by atoms with van der Waals surface area (Å²) in [6.07, 6.45) is 0. The van der Waals surface area contributed by atoms with E-state index in [-0.39, 0.29) is 11.3 Å². The van der Waals surface area contributed by atoms with Gasteiger partial charge in [-0.2, -0.15) is 0 Å². The smallest absolute Gasteiger partial charge is 0.338 e. The molecule has 0 radical (unpaired) electrons. The molecule has 1 aromatic heterocycles. The number of esters is 1. The summed E-state index contributed by atoms with van der Waals surface area (Å²) in [7, 11) is 0. The Morgan fingerprint density at radius 3 is 2.81 bits per heavy atom. The van der Waals surface area contributed by atoms with E-state index in [0.717, 1.165) is 16.0 Å². The second kappa shape index (κ2) is 8.24. The number of ether oxygens (including phenoxy) is 2. The van der Waals surface area contributed by atoms with Crippen molar-refractivity contribution in [2.45, 2.75) is 6.92 Å². The van der Waals surface area contributed by atoms with Gasteiger partial charge in [0.25, 0.3) is 5.91 Å². The SMILES string of the molecule is CCOc1ccc2nc(NC(=O)COC(=O)c3ccc(Cl)c(N)c3)sc2c1. The number of rotatable bonds is 6. The van der Waals surface area contributed by atoms with E-state index in [2.05, 4.69) is 10.3 Å². The summed E-state index contributed by atoms with van der Waals surface area (Å²) in [6.45, 7) is 2.03.